The van der Waals surface area contributed by atoms with Crippen molar-refractivity contribution in [2.24, 2.45) is 0 Å². The van der Waals surface area contributed by atoms with Crippen LogP contribution in [0.1, 0.15) is 11.4 Å². The summed E-state index contributed by atoms with van der Waals surface area (Å²) in [6.45, 7) is 0. The first-order valence-corrected chi connectivity index (χ1v) is 6.05. The molecule has 0 bridgehead atoms. The third-order valence-corrected chi connectivity index (χ3v) is 2.74. The van der Waals surface area contributed by atoms with Gasteiger partial charge in [-0.3, -0.25) is 14.8 Å². The number of pyridine rings is 2. The predicted molar refractivity (Wildman–Crippen MR) is 68.6 cm³/mol. The van der Waals surface area contributed by atoms with E-state index < -0.39 is 0 Å². The molecule has 0 fully saturated rings. The number of halogens is 1. The molecule has 0 N–H and O–H groups in total. The Balaban J connectivity index is 1.96. The van der Waals surface area contributed by atoms with E-state index in [1.165, 1.54) is 0 Å². The van der Waals surface area contributed by atoms with E-state index in [1.807, 2.05) is 30.3 Å². The third-order valence-electron chi connectivity index (χ3n) is 2.27. The van der Waals surface area contributed by atoms with Crippen molar-refractivity contribution >= 4 is 21.7 Å². The van der Waals surface area contributed by atoms with E-state index in [1.54, 1.807) is 12.4 Å². The first kappa shape index (κ1) is 11.9. The average Bonchev–Trinajstić information content (AvgIpc) is 2.33. The SMILES string of the molecule is O=C(Cc1ccccn1)Cc1ccc(Br)cn1. The highest BCUT2D eigenvalue weighted by molar-refractivity contribution is 9.10. The van der Waals surface area contributed by atoms with Gasteiger partial charge in [-0.1, -0.05) is 6.07 Å². The Bertz CT molecular complexity index is 497. The number of hydrogen-bond donors (Lipinski definition) is 0. The Morgan fingerprint density at radius 2 is 1.82 bits per heavy atom. The van der Waals surface area contributed by atoms with Gasteiger partial charge in [-0.15, -0.1) is 0 Å². The molecule has 0 unspecified atom stereocenters. The van der Waals surface area contributed by atoms with E-state index in [9.17, 15) is 4.79 Å². The number of aromatic nitrogens is 2. The van der Waals surface area contributed by atoms with Crippen LogP contribution in [-0.2, 0) is 17.6 Å². The first-order valence-electron chi connectivity index (χ1n) is 5.26. The molecule has 0 saturated carbocycles. The van der Waals surface area contributed by atoms with Gasteiger partial charge in [0, 0.05) is 41.1 Å². The molecule has 0 amide bonds. The van der Waals surface area contributed by atoms with Crippen molar-refractivity contribution in [2.45, 2.75) is 12.8 Å². The summed E-state index contributed by atoms with van der Waals surface area (Å²) in [6, 6.07) is 9.31. The highest BCUT2D eigenvalue weighted by Gasteiger charge is 2.06. The summed E-state index contributed by atoms with van der Waals surface area (Å²) in [5.74, 6) is 0.124. The largest absolute Gasteiger partial charge is 0.299 e. The number of ketones is 1. The van der Waals surface area contributed by atoms with Crippen molar-refractivity contribution in [3.8, 4) is 0 Å². The fourth-order valence-electron chi connectivity index (χ4n) is 1.48. The number of carbonyl (C=O) groups is 1. The maximum atomic E-state index is 11.8. The van der Waals surface area contributed by atoms with Gasteiger partial charge in [0.25, 0.3) is 0 Å². The van der Waals surface area contributed by atoms with Gasteiger partial charge in [-0.25, -0.2) is 0 Å². The Morgan fingerprint density at radius 1 is 1.06 bits per heavy atom. The average molecular weight is 291 g/mol. The molecule has 2 aromatic heterocycles. The minimum absolute atomic E-state index is 0.124. The van der Waals surface area contributed by atoms with Gasteiger partial charge in [-0.05, 0) is 40.2 Å². The fraction of sp³-hybridized carbons (Fsp3) is 0.154. The van der Waals surface area contributed by atoms with E-state index in [-0.39, 0.29) is 5.78 Å². The van der Waals surface area contributed by atoms with Crippen LogP contribution in [-0.4, -0.2) is 15.8 Å². The van der Waals surface area contributed by atoms with E-state index >= 15 is 0 Å². The second-order valence-corrected chi connectivity index (χ2v) is 4.60. The summed E-state index contributed by atoms with van der Waals surface area (Å²) in [5.41, 5.74) is 1.59. The van der Waals surface area contributed by atoms with Crippen molar-refractivity contribution in [3.05, 3.63) is 58.6 Å². The third kappa shape index (κ3) is 3.75. The Hall–Kier alpha value is -1.55. The van der Waals surface area contributed by atoms with Crippen molar-refractivity contribution in [3.63, 3.8) is 0 Å². The minimum Gasteiger partial charge on any atom is -0.299 e. The van der Waals surface area contributed by atoms with Crippen LogP contribution in [0.4, 0.5) is 0 Å². The van der Waals surface area contributed by atoms with Gasteiger partial charge in [0.05, 0.1) is 0 Å². The first-order chi connectivity index (χ1) is 8.24. The van der Waals surface area contributed by atoms with Crippen LogP contribution in [0, 0.1) is 0 Å². The summed E-state index contributed by atoms with van der Waals surface area (Å²) in [7, 11) is 0. The molecule has 0 saturated heterocycles. The quantitative estimate of drug-likeness (QED) is 0.869. The van der Waals surface area contributed by atoms with Crippen LogP contribution in [0.5, 0.6) is 0 Å². The summed E-state index contributed by atoms with van der Waals surface area (Å²) in [5, 5.41) is 0. The van der Waals surface area contributed by atoms with Crippen LogP contribution in [0.15, 0.2) is 47.2 Å². The number of carbonyl (C=O) groups excluding carboxylic acids is 1. The van der Waals surface area contributed by atoms with Crippen molar-refractivity contribution < 1.29 is 4.79 Å². The number of nitrogens with zero attached hydrogens (tertiary/aromatic N) is 2. The molecule has 0 spiro atoms. The molecule has 0 atom stereocenters. The standard InChI is InChI=1S/C13H11BrN2O/c14-10-4-5-12(16-9-10)8-13(17)7-11-3-1-2-6-15-11/h1-6,9H,7-8H2. The van der Waals surface area contributed by atoms with E-state index in [0.29, 0.717) is 12.8 Å². The zero-order chi connectivity index (χ0) is 12.1. The summed E-state index contributed by atoms with van der Waals surface area (Å²) < 4.78 is 0.915. The van der Waals surface area contributed by atoms with Crippen LogP contribution < -0.4 is 0 Å². The molecule has 0 radical (unpaired) electrons. The lowest BCUT2D eigenvalue weighted by Gasteiger charge is -2.00. The smallest absolute Gasteiger partial charge is 0.144 e. The lowest BCUT2D eigenvalue weighted by Crippen LogP contribution is -2.08. The van der Waals surface area contributed by atoms with Crippen molar-refractivity contribution in [1.29, 1.82) is 0 Å². The molecule has 17 heavy (non-hydrogen) atoms. The summed E-state index contributed by atoms with van der Waals surface area (Å²) in [4.78, 5) is 20.1. The van der Waals surface area contributed by atoms with Gasteiger partial charge < -0.3 is 0 Å². The minimum atomic E-state index is 0.124. The molecule has 2 heterocycles. The number of rotatable bonds is 4. The monoisotopic (exact) mass is 290 g/mol. The number of hydrogen-bond acceptors (Lipinski definition) is 3. The molecular formula is C13H11BrN2O. The van der Waals surface area contributed by atoms with Crippen LogP contribution in [0.3, 0.4) is 0 Å². The van der Waals surface area contributed by atoms with E-state index in [0.717, 1.165) is 15.9 Å². The molecule has 4 heteroatoms. The number of Topliss-reactive ketones (excluding diaryl/α,β-unsaturated/α-hetero) is 1. The highest BCUT2D eigenvalue weighted by atomic mass is 79.9. The van der Waals surface area contributed by atoms with Crippen molar-refractivity contribution in [1.82, 2.24) is 9.97 Å². The van der Waals surface area contributed by atoms with Gasteiger partial charge in [0.15, 0.2) is 0 Å². The molecule has 0 aliphatic heterocycles. The Kier molecular flexibility index (Phi) is 3.98. The van der Waals surface area contributed by atoms with Crippen LogP contribution in [0.25, 0.3) is 0 Å². The maximum absolute atomic E-state index is 11.8. The summed E-state index contributed by atoms with van der Waals surface area (Å²) in [6.07, 6.45) is 4.10. The van der Waals surface area contributed by atoms with Crippen LogP contribution >= 0.6 is 15.9 Å². The Morgan fingerprint density at radius 3 is 2.41 bits per heavy atom. The second-order valence-electron chi connectivity index (χ2n) is 3.68. The van der Waals surface area contributed by atoms with Gasteiger partial charge >= 0.3 is 0 Å². The molecule has 2 aromatic rings. The predicted octanol–water partition coefficient (Wildman–Crippen LogP) is 2.59. The van der Waals surface area contributed by atoms with Gasteiger partial charge in [-0.2, -0.15) is 0 Å². The zero-order valence-electron chi connectivity index (χ0n) is 9.14. The topological polar surface area (TPSA) is 42.9 Å². The Labute approximate surface area is 108 Å². The second kappa shape index (κ2) is 5.68. The van der Waals surface area contributed by atoms with Gasteiger partial charge in [0.2, 0.25) is 0 Å². The maximum Gasteiger partial charge on any atom is 0.144 e. The van der Waals surface area contributed by atoms with Gasteiger partial charge in [0.1, 0.15) is 5.78 Å². The molecule has 3 nitrogen and oxygen atoms in total. The molecule has 2 rings (SSSR count). The van der Waals surface area contributed by atoms with E-state index in [4.69, 9.17) is 0 Å². The summed E-state index contributed by atoms with van der Waals surface area (Å²) >= 11 is 3.31. The zero-order valence-corrected chi connectivity index (χ0v) is 10.7. The molecule has 0 aromatic carbocycles. The van der Waals surface area contributed by atoms with Crippen molar-refractivity contribution in [2.75, 3.05) is 0 Å². The van der Waals surface area contributed by atoms with E-state index in [2.05, 4.69) is 25.9 Å². The van der Waals surface area contributed by atoms with Crippen LogP contribution in [0.2, 0.25) is 0 Å². The molecule has 0 aliphatic carbocycles. The lowest BCUT2D eigenvalue weighted by atomic mass is 10.1. The lowest BCUT2D eigenvalue weighted by molar-refractivity contribution is -0.117. The fourth-order valence-corrected chi connectivity index (χ4v) is 1.71. The highest BCUT2D eigenvalue weighted by Crippen LogP contribution is 2.08. The molecular weight excluding hydrogens is 280 g/mol. The molecule has 0 aliphatic rings. The molecule has 86 valence electrons. The normalized spacial score (nSPS) is 10.2.